The van der Waals surface area contributed by atoms with E-state index in [1.807, 2.05) is 24.5 Å². The summed E-state index contributed by atoms with van der Waals surface area (Å²) in [4.78, 5) is 4.07. The van der Waals surface area contributed by atoms with E-state index in [9.17, 15) is 0 Å². The lowest BCUT2D eigenvalue weighted by molar-refractivity contribution is 0.411. The van der Waals surface area contributed by atoms with Gasteiger partial charge in [-0.1, -0.05) is 36.4 Å². The molecule has 0 saturated heterocycles. The van der Waals surface area contributed by atoms with Crippen LogP contribution in [0.4, 0.5) is 0 Å². The summed E-state index contributed by atoms with van der Waals surface area (Å²) in [6.45, 7) is 5.20. The molecule has 1 heterocycles. The predicted octanol–water partition coefficient (Wildman–Crippen LogP) is 4.96. The lowest BCUT2D eigenvalue weighted by atomic mass is 10.0. The van der Waals surface area contributed by atoms with E-state index in [0.717, 1.165) is 18.7 Å². The first-order valence-electron chi connectivity index (χ1n) is 9.04. The van der Waals surface area contributed by atoms with Gasteiger partial charge in [0.25, 0.3) is 0 Å². The zero-order valence-corrected chi connectivity index (χ0v) is 15.7. The van der Waals surface area contributed by atoms with E-state index in [1.54, 1.807) is 7.11 Å². The summed E-state index contributed by atoms with van der Waals surface area (Å²) in [6, 6.07) is 19.5. The van der Waals surface area contributed by atoms with E-state index in [4.69, 9.17) is 4.74 Å². The van der Waals surface area contributed by atoms with Gasteiger partial charge < -0.3 is 10.1 Å². The molecule has 0 aliphatic carbocycles. The SMILES string of the molecule is COc1cc(CCNC(C)c2ccc(-c3ccncc3)cc2)ccc1C. The minimum Gasteiger partial charge on any atom is -0.496 e. The van der Waals surface area contributed by atoms with Crippen molar-refractivity contribution in [3.05, 3.63) is 83.7 Å². The third-order valence-electron chi connectivity index (χ3n) is 4.76. The zero-order valence-electron chi connectivity index (χ0n) is 15.7. The lowest BCUT2D eigenvalue weighted by Crippen LogP contribution is -2.21. The van der Waals surface area contributed by atoms with Gasteiger partial charge in [-0.05, 0) is 72.8 Å². The van der Waals surface area contributed by atoms with Gasteiger partial charge in [-0.15, -0.1) is 0 Å². The normalized spacial score (nSPS) is 12.0. The number of hydrogen-bond acceptors (Lipinski definition) is 3. The van der Waals surface area contributed by atoms with E-state index in [1.165, 1.54) is 27.8 Å². The number of pyridine rings is 1. The van der Waals surface area contributed by atoms with Crippen molar-refractivity contribution in [1.82, 2.24) is 10.3 Å². The molecule has 26 heavy (non-hydrogen) atoms. The Morgan fingerprint density at radius 3 is 2.35 bits per heavy atom. The molecule has 0 saturated carbocycles. The standard InChI is InChI=1S/C23H26N2O/c1-17-4-5-19(16-23(17)26-3)10-15-25-18(2)20-6-8-21(9-7-20)22-11-13-24-14-12-22/h4-9,11-14,16,18,25H,10,15H2,1-3H3. The predicted molar refractivity (Wildman–Crippen MR) is 108 cm³/mol. The molecule has 0 aliphatic heterocycles. The van der Waals surface area contributed by atoms with Crippen LogP contribution in [0.5, 0.6) is 5.75 Å². The van der Waals surface area contributed by atoms with Crippen LogP contribution < -0.4 is 10.1 Å². The maximum Gasteiger partial charge on any atom is 0.122 e. The Kier molecular flexibility index (Phi) is 6.03. The molecule has 1 N–H and O–H groups in total. The van der Waals surface area contributed by atoms with Crippen molar-refractivity contribution in [2.24, 2.45) is 0 Å². The van der Waals surface area contributed by atoms with Crippen molar-refractivity contribution in [2.75, 3.05) is 13.7 Å². The number of hydrogen-bond donors (Lipinski definition) is 1. The van der Waals surface area contributed by atoms with Crippen LogP contribution in [0, 0.1) is 6.92 Å². The molecule has 0 fully saturated rings. The van der Waals surface area contributed by atoms with Crippen LogP contribution in [0.3, 0.4) is 0 Å². The highest BCUT2D eigenvalue weighted by molar-refractivity contribution is 5.62. The molecule has 1 aromatic heterocycles. The first-order valence-corrected chi connectivity index (χ1v) is 9.04. The van der Waals surface area contributed by atoms with Crippen molar-refractivity contribution in [3.8, 4) is 16.9 Å². The highest BCUT2D eigenvalue weighted by atomic mass is 16.5. The van der Waals surface area contributed by atoms with Crippen molar-refractivity contribution < 1.29 is 4.74 Å². The highest BCUT2D eigenvalue weighted by Crippen LogP contribution is 2.22. The molecule has 3 nitrogen and oxygen atoms in total. The largest absolute Gasteiger partial charge is 0.496 e. The maximum atomic E-state index is 5.41. The summed E-state index contributed by atoms with van der Waals surface area (Å²) in [7, 11) is 1.72. The molecule has 0 amide bonds. The minimum absolute atomic E-state index is 0.314. The second-order valence-electron chi connectivity index (χ2n) is 6.59. The summed E-state index contributed by atoms with van der Waals surface area (Å²) >= 11 is 0. The van der Waals surface area contributed by atoms with Gasteiger partial charge in [0.2, 0.25) is 0 Å². The number of benzene rings is 2. The molecule has 0 radical (unpaired) electrons. The number of methoxy groups -OCH3 is 1. The quantitative estimate of drug-likeness (QED) is 0.656. The van der Waals surface area contributed by atoms with Gasteiger partial charge in [-0.2, -0.15) is 0 Å². The Balaban J connectivity index is 1.56. The fraction of sp³-hybridized carbons (Fsp3) is 0.261. The smallest absolute Gasteiger partial charge is 0.122 e. The van der Waals surface area contributed by atoms with Crippen molar-refractivity contribution >= 4 is 0 Å². The maximum absolute atomic E-state index is 5.41. The summed E-state index contributed by atoms with van der Waals surface area (Å²) in [5.41, 5.74) is 6.17. The number of aryl methyl sites for hydroxylation is 1. The lowest BCUT2D eigenvalue weighted by Gasteiger charge is -2.15. The number of ether oxygens (including phenoxy) is 1. The van der Waals surface area contributed by atoms with Crippen LogP contribution in [-0.2, 0) is 6.42 Å². The second-order valence-corrected chi connectivity index (χ2v) is 6.59. The molecule has 0 spiro atoms. The molecule has 3 aromatic rings. The molecular formula is C23H26N2O. The molecule has 1 atom stereocenters. The molecule has 2 aromatic carbocycles. The molecule has 0 aliphatic rings. The van der Waals surface area contributed by atoms with Crippen LogP contribution in [0.15, 0.2) is 67.0 Å². The van der Waals surface area contributed by atoms with E-state index < -0.39 is 0 Å². The van der Waals surface area contributed by atoms with Gasteiger partial charge in [0, 0.05) is 18.4 Å². The van der Waals surface area contributed by atoms with Gasteiger partial charge in [0.05, 0.1) is 7.11 Å². The van der Waals surface area contributed by atoms with Crippen LogP contribution in [-0.4, -0.2) is 18.6 Å². The highest BCUT2D eigenvalue weighted by Gasteiger charge is 2.06. The average molecular weight is 346 g/mol. The van der Waals surface area contributed by atoms with Crippen molar-refractivity contribution in [3.63, 3.8) is 0 Å². The molecule has 0 bridgehead atoms. The number of nitrogens with zero attached hydrogens (tertiary/aromatic N) is 1. The molecular weight excluding hydrogens is 320 g/mol. The number of aromatic nitrogens is 1. The fourth-order valence-corrected chi connectivity index (χ4v) is 3.08. The Morgan fingerprint density at radius 1 is 0.962 bits per heavy atom. The molecule has 1 unspecified atom stereocenters. The van der Waals surface area contributed by atoms with Gasteiger partial charge in [0.15, 0.2) is 0 Å². The Morgan fingerprint density at radius 2 is 1.65 bits per heavy atom. The molecule has 3 rings (SSSR count). The van der Waals surface area contributed by atoms with E-state index in [2.05, 4.69) is 66.6 Å². The van der Waals surface area contributed by atoms with Crippen LogP contribution in [0.1, 0.15) is 29.7 Å². The summed E-state index contributed by atoms with van der Waals surface area (Å²) in [5, 5.41) is 3.61. The fourth-order valence-electron chi connectivity index (χ4n) is 3.08. The Hall–Kier alpha value is -2.65. The first kappa shape index (κ1) is 18.2. The molecule has 134 valence electrons. The van der Waals surface area contributed by atoms with Gasteiger partial charge in [-0.25, -0.2) is 0 Å². The Bertz CT molecular complexity index is 829. The summed E-state index contributed by atoms with van der Waals surface area (Å²) in [5.74, 6) is 0.960. The second kappa shape index (κ2) is 8.63. The Labute approximate surface area is 156 Å². The van der Waals surface area contributed by atoms with Crippen LogP contribution in [0.25, 0.3) is 11.1 Å². The van der Waals surface area contributed by atoms with E-state index in [0.29, 0.717) is 6.04 Å². The summed E-state index contributed by atoms with van der Waals surface area (Å²) < 4.78 is 5.41. The monoisotopic (exact) mass is 346 g/mol. The number of rotatable bonds is 7. The average Bonchev–Trinajstić information content (AvgIpc) is 2.70. The van der Waals surface area contributed by atoms with Crippen molar-refractivity contribution in [1.29, 1.82) is 0 Å². The van der Waals surface area contributed by atoms with Gasteiger partial charge >= 0.3 is 0 Å². The minimum atomic E-state index is 0.314. The topological polar surface area (TPSA) is 34.1 Å². The zero-order chi connectivity index (χ0) is 18.4. The first-order chi connectivity index (χ1) is 12.7. The van der Waals surface area contributed by atoms with Crippen LogP contribution >= 0.6 is 0 Å². The van der Waals surface area contributed by atoms with E-state index >= 15 is 0 Å². The van der Waals surface area contributed by atoms with E-state index in [-0.39, 0.29) is 0 Å². The third-order valence-corrected chi connectivity index (χ3v) is 4.76. The van der Waals surface area contributed by atoms with Gasteiger partial charge in [0.1, 0.15) is 5.75 Å². The summed E-state index contributed by atoms with van der Waals surface area (Å²) in [6.07, 6.45) is 4.64. The molecule has 3 heteroatoms. The third kappa shape index (κ3) is 4.50. The van der Waals surface area contributed by atoms with Crippen LogP contribution in [0.2, 0.25) is 0 Å². The van der Waals surface area contributed by atoms with Gasteiger partial charge in [-0.3, -0.25) is 4.98 Å². The van der Waals surface area contributed by atoms with Crippen molar-refractivity contribution in [2.45, 2.75) is 26.3 Å². The number of nitrogens with one attached hydrogen (secondary N) is 1.